The maximum absolute atomic E-state index is 14.0. The van der Waals surface area contributed by atoms with Crippen molar-refractivity contribution >= 4 is 17.6 Å². The number of nitrogens with zero attached hydrogens (tertiary/aromatic N) is 1. The summed E-state index contributed by atoms with van der Waals surface area (Å²) in [6, 6.07) is 5.96. The zero-order chi connectivity index (χ0) is 23.5. The summed E-state index contributed by atoms with van der Waals surface area (Å²) in [4.78, 5) is 27.3. The van der Waals surface area contributed by atoms with Gasteiger partial charge in [-0.25, -0.2) is 22.9 Å². The molecule has 166 valence electrons. The average Bonchev–Trinajstić information content (AvgIpc) is 2.70. The van der Waals surface area contributed by atoms with Crippen LogP contribution >= 0.6 is 0 Å². The molecule has 0 aliphatic heterocycles. The van der Waals surface area contributed by atoms with E-state index < -0.39 is 52.4 Å². The van der Waals surface area contributed by atoms with Crippen LogP contribution in [0.1, 0.15) is 15.9 Å². The third kappa shape index (κ3) is 5.33. The summed E-state index contributed by atoms with van der Waals surface area (Å²) in [5.41, 5.74) is -2.11. The summed E-state index contributed by atoms with van der Waals surface area (Å²) in [7, 11) is 0. The van der Waals surface area contributed by atoms with E-state index in [0.717, 1.165) is 42.5 Å². The maximum Gasteiger partial charge on any atom is 0.417 e. The molecule has 2 N–H and O–H groups in total. The van der Waals surface area contributed by atoms with Crippen molar-refractivity contribution in [2.75, 3.05) is 5.32 Å². The first kappa shape index (κ1) is 22.6. The van der Waals surface area contributed by atoms with Gasteiger partial charge in [-0.3, -0.25) is 10.1 Å². The molecule has 0 aliphatic rings. The minimum absolute atomic E-state index is 0.104. The largest absolute Gasteiger partial charge is 0.436 e. The molecule has 2 aromatic carbocycles. The van der Waals surface area contributed by atoms with Crippen LogP contribution < -0.4 is 15.4 Å². The van der Waals surface area contributed by atoms with Crippen LogP contribution in [0.2, 0.25) is 0 Å². The Morgan fingerprint density at radius 3 is 2.19 bits per heavy atom. The van der Waals surface area contributed by atoms with E-state index in [0.29, 0.717) is 12.3 Å². The molecule has 3 aromatic rings. The summed E-state index contributed by atoms with van der Waals surface area (Å²) in [6.45, 7) is 0. The van der Waals surface area contributed by atoms with Gasteiger partial charge in [0.1, 0.15) is 17.2 Å². The summed E-state index contributed by atoms with van der Waals surface area (Å²) >= 11 is 0. The predicted molar refractivity (Wildman–Crippen MR) is 98.6 cm³/mol. The molecule has 0 aliphatic carbocycles. The topological polar surface area (TPSA) is 80.3 Å². The third-order valence-corrected chi connectivity index (χ3v) is 3.88. The van der Waals surface area contributed by atoms with E-state index >= 15 is 0 Å². The monoisotopic (exact) mass is 455 g/mol. The second-order valence-corrected chi connectivity index (χ2v) is 6.14. The number of aromatic nitrogens is 1. The molecule has 3 amide bonds. The highest BCUT2D eigenvalue weighted by atomic mass is 19.4. The molecule has 1 aromatic heterocycles. The number of hydrogen-bond acceptors (Lipinski definition) is 4. The van der Waals surface area contributed by atoms with Crippen LogP contribution in [-0.2, 0) is 6.18 Å². The lowest BCUT2D eigenvalue weighted by molar-refractivity contribution is -0.137. The second kappa shape index (κ2) is 8.96. The highest BCUT2D eigenvalue weighted by Crippen LogP contribution is 2.31. The Morgan fingerprint density at radius 1 is 0.906 bits per heavy atom. The van der Waals surface area contributed by atoms with E-state index in [1.54, 1.807) is 5.32 Å². The number of carbonyl (C=O) groups is 2. The molecule has 0 saturated carbocycles. The van der Waals surface area contributed by atoms with E-state index in [4.69, 9.17) is 4.74 Å². The molecule has 0 fully saturated rings. The van der Waals surface area contributed by atoms with Gasteiger partial charge in [0.15, 0.2) is 11.6 Å². The Labute approximate surface area is 175 Å². The number of halogens is 6. The molecule has 0 saturated heterocycles. The molecule has 0 unspecified atom stereocenters. The summed E-state index contributed by atoms with van der Waals surface area (Å²) in [5, 5.41) is 3.84. The molecule has 3 rings (SSSR count). The van der Waals surface area contributed by atoms with Gasteiger partial charge < -0.3 is 10.1 Å². The van der Waals surface area contributed by atoms with Gasteiger partial charge in [-0.15, -0.1) is 0 Å². The molecular weight excluding hydrogens is 444 g/mol. The third-order valence-electron chi connectivity index (χ3n) is 3.88. The average molecular weight is 455 g/mol. The Bertz CT molecular complexity index is 1150. The lowest BCUT2D eigenvalue weighted by Gasteiger charge is -2.11. The van der Waals surface area contributed by atoms with Gasteiger partial charge in [-0.2, -0.15) is 13.2 Å². The fourth-order valence-corrected chi connectivity index (χ4v) is 2.42. The summed E-state index contributed by atoms with van der Waals surface area (Å²) in [6.07, 6.45) is -4.12. The number of anilines is 1. The number of nitrogens with one attached hydrogen (secondary N) is 2. The van der Waals surface area contributed by atoms with Crippen molar-refractivity contribution in [2.45, 2.75) is 6.18 Å². The minimum Gasteiger partial charge on any atom is -0.436 e. The van der Waals surface area contributed by atoms with Crippen LogP contribution in [0.4, 0.5) is 36.8 Å². The van der Waals surface area contributed by atoms with Crippen LogP contribution in [0.25, 0.3) is 0 Å². The Balaban J connectivity index is 1.70. The number of benzene rings is 2. The lowest BCUT2D eigenvalue weighted by Crippen LogP contribution is -2.35. The van der Waals surface area contributed by atoms with E-state index in [1.165, 1.54) is 0 Å². The molecule has 0 bridgehead atoms. The number of pyridine rings is 1. The van der Waals surface area contributed by atoms with Crippen LogP contribution in [0.15, 0.2) is 54.7 Å². The number of carbonyl (C=O) groups excluding carboxylic acids is 2. The van der Waals surface area contributed by atoms with Crippen LogP contribution in [-0.4, -0.2) is 16.9 Å². The number of ether oxygens (including phenoxy) is 1. The molecular formula is C20H11F6N3O3. The van der Waals surface area contributed by atoms with Crippen LogP contribution in [0.5, 0.6) is 11.6 Å². The lowest BCUT2D eigenvalue weighted by atomic mass is 10.2. The Kier molecular flexibility index (Phi) is 6.32. The van der Waals surface area contributed by atoms with E-state index in [2.05, 4.69) is 10.3 Å². The van der Waals surface area contributed by atoms with Crippen molar-refractivity contribution in [2.24, 2.45) is 0 Å². The van der Waals surface area contributed by atoms with Crippen molar-refractivity contribution in [3.63, 3.8) is 0 Å². The molecule has 0 atom stereocenters. The number of rotatable bonds is 4. The zero-order valence-corrected chi connectivity index (χ0v) is 15.6. The predicted octanol–water partition coefficient (Wildman–Crippen LogP) is 5.27. The van der Waals surface area contributed by atoms with Crippen LogP contribution in [0, 0.1) is 17.5 Å². The van der Waals surface area contributed by atoms with Gasteiger partial charge in [-0.1, -0.05) is 6.07 Å². The van der Waals surface area contributed by atoms with Crippen molar-refractivity contribution < 1.29 is 40.7 Å². The van der Waals surface area contributed by atoms with Crippen molar-refractivity contribution in [3.05, 3.63) is 83.3 Å². The number of hydrogen-bond donors (Lipinski definition) is 2. The first-order valence-corrected chi connectivity index (χ1v) is 8.61. The highest BCUT2D eigenvalue weighted by Gasteiger charge is 2.30. The Morgan fingerprint density at radius 2 is 1.59 bits per heavy atom. The highest BCUT2D eigenvalue weighted by molar-refractivity contribution is 6.08. The van der Waals surface area contributed by atoms with Crippen molar-refractivity contribution in [1.29, 1.82) is 0 Å². The fraction of sp³-hybridized carbons (Fsp3) is 0.0500. The van der Waals surface area contributed by atoms with E-state index in [9.17, 15) is 35.9 Å². The SMILES string of the molecule is O=C(NC(=O)c1c(F)cccc1F)Nc1ccc(F)c(Oc2ccc(C(F)(F)F)cn2)c1. The maximum atomic E-state index is 14.0. The quantitative estimate of drug-likeness (QED) is 0.526. The summed E-state index contributed by atoms with van der Waals surface area (Å²) < 4.78 is 84.0. The smallest absolute Gasteiger partial charge is 0.417 e. The Hall–Kier alpha value is -4.09. The number of urea groups is 1. The van der Waals surface area contributed by atoms with Gasteiger partial charge >= 0.3 is 12.2 Å². The van der Waals surface area contributed by atoms with Gasteiger partial charge in [0.2, 0.25) is 5.88 Å². The first-order chi connectivity index (χ1) is 15.0. The van der Waals surface area contributed by atoms with Crippen molar-refractivity contribution in [1.82, 2.24) is 10.3 Å². The van der Waals surface area contributed by atoms with Crippen molar-refractivity contribution in [3.8, 4) is 11.6 Å². The fourth-order valence-electron chi connectivity index (χ4n) is 2.42. The van der Waals surface area contributed by atoms with E-state index in [1.807, 2.05) is 0 Å². The molecule has 0 radical (unpaired) electrons. The summed E-state index contributed by atoms with van der Waals surface area (Å²) in [5.74, 6) is -5.51. The normalized spacial score (nSPS) is 11.1. The zero-order valence-electron chi connectivity index (χ0n) is 15.6. The van der Waals surface area contributed by atoms with Gasteiger partial charge in [0, 0.05) is 24.0 Å². The number of amides is 3. The van der Waals surface area contributed by atoms with Gasteiger partial charge in [-0.05, 0) is 30.3 Å². The molecule has 12 heteroatoms. The van der Waals surface area contributed by atoms with Gasteiger partial charge in [0.05, 0.1) is 5.56 Å². The molecule has 32 heavy (non-hydrogen) atoms. The minimum atomic E-state index is -4.61. The van der Waals surface area contributed by atoms with E-state index in [-0.39, 0.29) is 11.6 Å². The standard InChI is InChI=1S/C20H11F6N3O3/c21-12-6-5-11(8-15(12)32-16-7-4-10(9-27-16)20(24,25)26)28-19(31)29-18(30)17-13(22)2-1-3-14(17)23/h1-9H,(H2,28,29,30,31). The molecule has 6 nitrogen and oxygen atoms in total. The number of imide groups is 1. The number of alkyl halides is 3. The molecule has 1 heterocycles. The first-order valence-electron chi connectivity index (χ1n) is 8.61. The van der Waals surface area contributed by atoms with Crippen LogP contribution in [0.3, 0.4) is 0 Å². The van der Waals surface area contributed by atoms with Gasteiger partial charge in [0.25, 0.3) is 5.91 Å². The second-order valence-electron chi connectivity index (χ2n) is 6.14. The molecule has 0 spiro atoms.